The topological polar surface area (TPSA) is 50.4 Å². The van der Waals surface area contributed by atoms with Gasteiger partial charge in [-0.3, -0.25) is 0 Å². The van der Waals surface area contributed by atoms with Gasteiger partial charge in [0.1, 0.15) is 5.75 Å². The summed E-state index contributed by atoms with van der Waals surface area (Å²) in [6.45, 7) is 0.712. The van der Waals surface area contributed by atoms with Gasteiger partial charge in [0.2, 0.25) is 0 Å². The van der Waals surface area contributed by atoms with Gasteiger partial charge in [0.15, 0.2) is 0 Å². The molecule has 0 unspecified atom stereocenters. The molecule has 2 aromatic carbocycles. The van der Waals surface area contributed by atoms with Gasteiger partial charge in [0.05, 0.1) is 6.61 Å². The Morgan fingerprint density at radius 3 is 2.55 bits per heavy atom. The van der Waals surface area contributed by atoms with Crippen LogP contribution >= 0.6 is 15.9 Å². The number of anilines is 2. The first-order valence-corrected chi connectivity index (χ1v) is 7.09. The molecule has 2 N–H and O–H groups in total. The molecule has 102 valence electrons. The van der Waals surface area contributed by atoms with Crippen molar-refractivity contribution in [2.24, 2.45) is 0 Å². The van der Waals surface area contributed by atoms with Crippen molar-refractivity contribution in [3.8, 4) is 5.75 Å². The summed E-state index contributed by atoms with van der Waals surface area (Å²) in [5.74, 6) is 0.906. The fourth-order valence-electron chi connectivity index (χ4n) is 2.09. The molecule has 0 bridgehead atoms. The Bertz CT molecular complexity index is 641. The van der Waals surface area contributed by atoms with Crippen LogP contribution in [0.4, 0.5) is 16.2 Å². The van der Waals surface area contributed by atoms with E-state index in [1.807, 2.05) is 42.5 Å². The normalized spacial score (nSPS) is 12.4. The van der Waals surface area contributed by atoms with Crippen LogP contribution in [-0.2, 0) is 6.42 Å². The van der Waals surface area contributed by atoms with E-state index in [9.17, 15) is 4.79 Å². The lowest BCUT2D eigenvalue weighted by Gasteiger charge is -2.08. The fourth-order valence-corrected chi connectivity index (χ4v) is 2.36. The highest BCUT2D eigenvalue weighted by atomic mass is 79.9. The van der Waals surface area contributed by atoms with Crippen LogP contribution in [0.5, 0.6) is 5.75 Å². The molecule has 2 aromatic rings. The number of hydrogen-bond acceptors (Lipinski definition) is 2. The van der Waals surface area contributed by atoms with Gasteiger partial charge in [-0.05, 0) is 48.0 Å². The second-order valence-corrected chi connectivity index (χ2v) is 5.42. The lowest BCUT2D eigenvalue weighted by Crippen LogP contribution is -2.19. The van der Waals surface area contributed by atoms with E-state index in [1.165, 1.54) is 0 Å². The molecule has 0 radical (unpaired) electrons. The molecule has 0 aliphatic carbocycles. The summed E-state index contributed by atoms with van der Waals surface area (Å²) in [4.78, 5) is 11.9. The first kappa shape index (κ1) is 13.0. The van der Waals surface area contributed by atoms with Crippen molar-refractivity contribution < 1.29 is 9.53 Å². The van der Waals surface area contributed by atoms with E-state index in [0.29, 0.717) is 6.61 Å². The Labute approximate surface area is 125 Å². The SMILES string of the molecule is O=C(Nc1ccc(Br)cc1)Nc1ccc2c(c1)CCO2. The molecular weight excluding hydrogens is 320 g/mol. The van der Waals surface area contributed by atoms with Crippen LogP contribution in [0.15, 0.2) is 46.9 Å². The Morgan fingerprint density at radius 2 is 1.75 bits per heavy atom. The first-order chi connectivity index (χ1) is 9.70. The van der Waals surface area contributed by atoms with Gasteiger partial charge in [-0.15, -0.1) is 0 Å². The summed E-state index contributed by atoms with van der Waals surface area (Å²) in [5.41, 5.74) is 2.64. The average Bonchev–Trinajstić information content (AvgIpc) is 2.89. The molecule has 0 fully saturated rings. The maximum absolute atomic E-state index is 11.9. The van der Waals surface area contributed by atoms with Crippen molar-refractivity contribution >= 4 is 33.3 Å². The molecule has 0 saturated carbocycles. The second-order valence-electron chi connectivity index (χ2n) is 4.51. The van der Waals surface area contributed by atoms with E-state index in [2.05, 4.69) is 26.6 Å². The predicted molar refractivity (Wildman–Crippen MR) is 82.4 cm³/mol. The summed E-state index contributed by atoms with van der Waals surface area (Å²) in [6.07, 6.45) is 0.888. The standard InChI is InChI=1S/C15H13BrN2O2/c16-11-1-3-12(4-2-11)17-15(19)18-13-5-6-14-10(9-13)7-8-20-14/h1-6,9H,7-8H2,(H2,17,18,19). The number of benzene rings is 2. The number of ether oxygens (including phenoxy) is 1. The van der Waals surface area contributed by atoms with Crippen LogP contribution in [0, 0.1) is 0 Å². The second kappa shape index (κ2) is 5.54. The Morgan fingerprint density at radius 1 is 1.05 bits per heavy atom. The number of hydrogen-bond donors (Lipinski definition) is 2. The number of carbonyl (C=O) groups excluding carboxylic acids is 1. The molecular formula is C15H13BrN2O2. The number of carbonyl (C=O) groups is 1. The Balaban J connectivity index is 1.65. The molecule has 3 rings (SSSR count). The Kier molecular flexibility index (Phi) is 3.60. The minimum absolute atomic E-state index is 0.258. The molecule has 0 saturated heterocycles. The molecule has 1 aliphatic heterocycles. The highest BCUT2D eigenvalue weighted by molar-refractivity contribution is 9.10. The maximum Gasteiger partial charge on any atom is 0.323 e. The monoisotopic (exact) mass is 332 g/mol. The summed E-state index contributed by atoms with van der Waals surface area (Å²) in [7, 11) is 0. The molecule has 5 heteroatoms. The largest absolute Gasteiger partial charge is 0.493 e. The van der Waals surface area contributed by atoms with Crippen molar-refractivity contribution in [1.29, 1.82) is 0 Å². The number of fused-ring (bicyclic) bond motifs is 1. The van der Waals surface area contributed by atoms with E-state index in [1.54, 1.807) is 0 Å². The van der Waals surface area contributed by atoms with Crippen molar-refractivity contribution in [3.05, 3.63) is 52.5 Å². The third-order valence-electron chi connectivity index (χ3n) is 3.05. The van der Waals surface area contributed by atoms with Crippen LogP contribution in [0.25, 0.3) is 0 Å². The van der Waals surface area contributed by atoms with Crippen molar-refractivity contribution in [3.63, 3.8) is 0 Å². The number of urea groups is 1. The predicted octanol–water partition coefficient (Wildman–Crippen LogP) is 4.03. The van der Waals surface area contributed by atoms with Crippen molar-refractivity contribution in [2.75, 3.05) is 17.2 Å². The fraction of sp³-hybridized carbons (Fsp3) is 0.133. The van der Waals surface area contributed by atoms with Crippen LogP contribution in [0.2, 0.25) is 0 Å². The zero-order valence-corrected chi connectivity index (χ0v) is 12.2. The van der Waals surface area contributed by atoms with Crippen LogP contribution in [-0.4, -0.2) is 12.6 Å². The minimum Gasteiger partial charge on any atom is -0.493 e. The summed E-state index contributed by atoms with van der Waals surface area (Å²) in [5, 5.41) is 5.60. The lowest BCUT2D eigenvalue weighted by atomic mass is 10.1. The summed E-state index contributed by atoms with van der Waals surface area (Å²) in [6, 6.07) is 12.8. The highest BCUT2D eigenvalue weighted by Crippen LogP contribution is 2.27. The van der Waals surface area contributed by atoms with Gasteiger partial charge in [0, 0.05) is 22.3 Å². The van der Waals surface area contributed by atoms with E-state index < -0.39 is 0 Å². The zero-order chi connectivity index (χ0) is 13.9. The Hall–Kier alpha value is -2.01. The summed E-state index contributed by atoms with van der Waals surface area (Å²) >= 11 is 3.35. The van der Waals surface area contributed by atoms with Gasteiger partial charge in [-0.2, -0.15) is 0 Å². The smallest absolute Gasteiger partial charge is 0.323 e. The first-order valence-electron chi connectivity index (χ1n) is 6.30. The molecule has 2 amide bonds. The molecule has 0 atom stereocenters. The van der Waals surface area contributed by atoms with E-state index >= 15 is 0 Å². The molecule has 0 aromatic heterocycles. The van der Waals surface area contributed by atoms with E-state index in [-0.39, 0.29) is 6.03 Å². The lowest BCUT2D eigenvalue weighted by molar-refractivity contribution is 0.262. The molecule has 20 heavy (non-hydrogen) atoms. The van der Waals surface area contributed by atoms with Crippen molar-refractivity contribution in [2.45, 2.75) is 6.42 Å². The van der Waals surface area contributed by atoms with Gasteiger partial charge in [-0.25, -0.2) is 4.79 Å². The van der Waals surface area contributed by atoms with Gasteiger partial charge < -0.3 is 15.4 Å². The number of rotatable bonds is 2. The highest BCUT2D eigenvalue weighted by Gasteiger charge is 2.12. The molecule has 4 nitrogen and oxygen atoms in total. The van der Waals surface area contributed by atoms with Crippen LogP contribution in [0.3, 0.4) is 0 Å². The molecule has 1 aliphatic rings. The number of nitrogens with one attached hydrogen (secondary N) is 2. The number of halogens is 1. The van der Waals surface area contributed by atoms with Gasteiger partial charge in [0.25, 0.3) is 0 Å². The quantitative estimate of drug-likeness (QED) is 0.872. The minimum atomic E-state index is -0.258. The maximum atomic E-state index is 11.9. The number of amides is 2. The average molecular weight is 333 g/mol. The third kappa shape index (κ3) is 2.93. The van der Waals surface area contributed by atoms with Crippen molar-refractivity contribution in [1.82, 2.24) is 0 Å². The van der Waals surface area contributed by atoms with Gasteiger partial charge in [-0.1, -0.05) is 15.9 Å². The van der Waals surface area contributed by atoms with E-state index in [0.717, 1.165) is 33.6 Å². The van der Waals surface area contributed by atoms with Crippen LogP contribution < -0.4 is 15.4 Å². The van der Waals surface area contributed by atoms with Gasteiger partial charge >= 0.3 is 6.03 Å². The zero-order valence-electron chi connectivity index (χ0n) is 10.7. The molecule has 0 spiro atoms. The third-order valence-corrected chi connectivity index (χ3v) is 3.58. The van der Waals surface area contributed by atoms with Crippen LogP contribution in [0.1, 0.15) is 5.56 Å². The van der Waals surface area contributed by atoms with E-state index in [4.69, 9.17) is 4.74 Å². The molecule has 1 heterocycles. The summed E-state index contributed by atoms with van der Waals surface area (Å²) < 4.78 is 6.41.